The topological polar surface area (TPSA) is 105 Å². The molecule has 0 unspecified atom stereocenters. The van der Waals surface area contributed by atoms with E-state index in [1.165, 1.54) is 5.56 Å². The van der Waals surface area contributed by atoms with Crippen LogP contribution in [0.3, 0.4) is 0 Å². The molecular weight excluding hydrogens is 566 g/mol. The number of benzene rings is 3. The van der Waals surface area contributed by atoms with Crippen molar-refractivity contribution in [2.24, 2.45) is 0 Å². The van der Waals surface area contributed by atoms with E-state index in [9.17, 15) is 14.7 Å². The number of methoxy groups -OCH3 is 1. The van der Waals surface area contributed by atoms with Crippen LogP contribution in [0.2, 0.25) is 0 Å². The van der Waals surface area contributed by atoms with Crippen LogP contribution in [0.5, 0.6) is 11.5 Å². The number of carbonyl (C=O) groups is 2. The summed E-state index contributed by atoms with van der Waals surface area (Å²) >= 11 is 0. The highest BCUT2D eigenvalue weighted by molar-refractivity contribution is 5.85. The third-order valence-corrected chi connectivity index (χ3v) is 9.14. The molecule has 9 nitrogen and oxygen atoms in total. The van der Waals surface area contributed by atoms with Crippen molar-refractivity contribution in [1.82, 2.24) is 24.9 Å². The van der Waals surface area contributed by atoms with Crippen molar-refractivity contribution in [1.29, 1.82) is 0 Å². The van der Waals surface area contributed by atoms with E-state index in [1.807, 2.05) is 64.6 Å². The first-order valence-corrected chi connectivity index (χ1v) is 15.6. The normalized spacial score (nSPS) is 14.9. The summed E-state index contributed by atoms with van der Waals surface area (Å²) in [4.78, 5) is 35.2. The SMILES string of the molecule is COc1ccccc1CN(C[C@@H](Cc1c[nH]c2ccccc12)N(C(C)=O)N1CCC(c2c[nH]c3ccc(O)cc23)CC1)C(C)=O. The third-order valence-electron chi connectivity index (χ3n) is 9.14. The van der Waals surface area contributed by atoms with E-state index in [-0.39, 0.29) is 23.6 Å². The highest BCUT2D eigenvalue weighted by Gasteiger charge is 2.34. The number of ether oxygens (including phenoxy) is 1. The summed E-state index contributed by atoms with van der Waals surface area (Å²) in [5, 5.41) is 16.3. The van der Waals surface area contributed by atoms with Gasteiger partial charge in [-0.1, -0.05) is 36.4 Å². The summed E-state index contributed by atoms with van der Waals surface area (Å²) in [6.45, 7) is 5.36. The lowest BCUT2D eigenvalue weighted by atomic mass is 9.89. The van der Waals surface area contributed by atoms with Gasteiger partial charge in [-0.25, -0.2) is 5.01 Å². The first-order chi connectivity index (χ1) is 21.8. The molecule has 3 heterocycles. The van der Waals surface area contributed by atoms with Crippen molar-refractivity contribution >= 4 is 33.6 Å². The van der Waals surface area contributed by atoms with Crippen molar-refractivity contribution in [3.05, 3.63) is 95.8 Å². The van der Waals surface area contributed by atoms with Crippen LogP contribution in [-0.2, 0) is 22.6 Å². The second kappa shape index (κ2) is 13.1. The van der Waals surface area contributed by atoms with Gasteiger partial charge in [0.2, 0.25) is 11.8 Å². The number of H-pyrrole nitrogens is 2. The second-order valence-corrected chi connectivity index (χ2v) is 12.0. The fraction of sp³-hybridized carbons (Fsp3) is 0.333. The number of phenolic OH excluding ortho intramolecular Hbond substituents is 1. The molecule has 5 aromatic rings. The van der Waals surface area contributed by atoms with Crippen LogP contribution in [0.4, 0.5) is 0 Å². The van der Waals surface area contributed by atoms with Crippen LogP contribution in [-0.4, -0.2) is 74.6 Å². The number of aromatic hydroxyl groups is 1. The van der Waals surface area contributed by atoms with Gasteiger partial charge in [0, 0.05) is 79.8 Å². The third kappa shape index (κ3) is 6.40. The molecule has 0 saturated carbocycles. The molecule has 1 aliphatic heterocycles. The van der Waals surface area contributed by atoms with Gasteiger partial charge in [-0.2, -0.15) is 0 Å². The maximum absolute atomic E-state index is 13.5. The number of nitrogens with zero attached hydrogens (tertiary/aromatic N) is 3. The quantitative estimate of drug-likeness (QED) is 0.182. The molecule has 2 aromatic heterocycles. The molecule has 3 N–H and O–H groups in total. The largest absolute Gasteiger partial charge is 0.508 e. The highest BCUT2D eigenvalue weighted by Crippen LogP contribution is 2.35. The minimum Gasteiger partial charge on any atom is -0.508 e. The van der Waals surface area contributed by atoms with E-state index >= 15 is 0 Å². The van der Waals surface area contributed by atoms with E-state index in [1.54, 1.807) is 27.0 Å². The molecule has 1 atom stereocenters. The molecule has 0 radical (unpaired) electrons. The van der Waals surface area contributed by atoms with Crippen LogP contribution in [0.25, 0.3) is 21.8 Å². The summed E-state index contributed by atoms with van der Waals surface area (Å²) in [5.74, 6) is 1.18. The summed E-state index contributed by atoms with van der Waals surface area (Å²) < 4.78 is 5.59. The fourth-order valence-corrected chi connectivity index (χ4v) is 6.93. The molecule has 6 rings (SSSR count). The lowest BCUT2D eigenvalue weighted by Gasteiger charge is -2.44. The van der Waals surface area contributed by atoms with E-state index in [4.69, 9.17) is 4.74 Å². The number of piperidine rings is 1. The molecule has 3 aromatic carbocycles. The Hall–Kier alpha value is -4.76. The van der Waals surface area contributed by atoms with Gasteiger partial charge in [-0.3, -0.25) is 14.6 Å². The lowest BCUT2D eigenvalue weighted by Crippen LogP contribution is -2.57. The Balaban J connectivity index is 1.28. The zero-order valence-electron chi connectivity index (χ0n) is 26.1. The van der Waals surface area contributed by atoms with Crippen molar-refractivity contribution in [3.8, 4) is 11.5 Å². The number of aromatic amines is 2. The number of fused-ring (bicyclic) bond motifs is 2. The van der Waals surface area contributed by atoms with Crippen molar-refractivity contribution < 1.29 is 19.4 Å². The molecule has 9 heteroatoms. The second-order valence-electron chi connectivity index (χ2n) is 12.0. The highest BCUT2D eigenvalue weighted by atomic mass is 16.5. The van der Waals surface area contributed by atoms with E-state index < -0.39 is 0 Å². The van der Waals surface area contributed by atoms with Crippen LogP contribution < -0.4 is 4.74 Å². The lowest BCUT2D eigenvalue weighted by molar-refractivity contribution is -0.158. The number of aromatic nitrogens is 2. The average Bonchev–Trinajstić information content (AvgIpc) is 3.65. The molecule has 2 amide bonds. The van der Waals surface area contributed by atoms with Gasteiger partial charge in [-0.15, -0.1) is 0 Å². The van der Waals surface area contributed by atoms with Gasteiger partial charge >= 0.3 is 0 Å². The maximum atomic E-state index is 13.5. The molecule has 45 heavy (non-hydrogen) atoms. The van der Waals surface area contributed by atoms with Gasteiger partial charge < -0.3 is 24.7 Å². The number of hydrogen-bond acceptors (Lipinski definition) is 5. The maximum Gasteiger partial charge on any atom is 0.234 e. The number of nitrogens with one attached hydrogen (secondary N) is 2. The molecule has 234 valence electrons. The van der Waals surface area contributed by atoms with Crippen molar-refractivity contribution in [3.63, 3.8) is 0 Å². The first-order valence-electron chi connectivity index (χ1n) is 15.6. The Morgan fingerprint density at radius 2 is 1.62 bits per heavy atom. The van der Waals surface area contributed by atoms with Gasteiger partial charge in [0.15, 0.2) is 0 Å². The summed E-state index contributed by atoms with van der Waals surface area (Å²) in [5.41, 5.74) is 5.28. The zero-order chi connectivity index (χ0) is 31.5. The molecule has 1 saturated heterocycles. The van der Waals surface area contributed by atoms with Crippen LogP contribution in [0.15, 0.2) is 79.1 Å². The Labute approximate surface area is 263 Å². The van der Waals surface area contributed by atoms with E-state index in [0.717, 1.165) is 51.5 Å². The molecule has 1 fully saturated rings. The number of hydrogen-bond donors (Lipinski definition) is 3. The van der Waals surface area contributed by atoms with Gasteiger partial charge in [0.1, 0.15) is 11.5 Å². The first kappa shape index (κ1) is 30.3. The van der Waals surface area contributed by atoms with Gasteiger partial charge in [-0.05, 0) is 66.6 Å². The predicted octanol–water partition coefficient (Wildman–Crippen LogP) is 5.97. The number of para-hydroxylation sites is 2. The number of amides is 2. The van der Waals surface area contributed by atoms with Gasteiger partial charge in [0.25, 0.3) is 0 Å². The van der Waals surface area contributed by atoms with Crippen molar-refractivity contribution in [2.75, 3.05) is 26.7 Å². The molecule has 0 bridgehead atoms. The average molecular weight is 608 g/mol. The fourth-order valence-electron chi connectivity index (χ4n) is 6.93. The Kier molecular flexibility index (Phi) is 8.80. The van der Waals surface area contributed by atoms with E-state index in [2.05, 4.69) is 33.3 Å². The molecule has 1 aliphatic rings. The van der Waals surface area contributed by atoms with E-state index in [0.29, 0.717) is 38.5 Å². The number of rotatable bonds is 10. The van der Waals surface area contributed by atoms with Crippen LogP contribution in [0.1, 0.15) is 49.3 Å². The minimum atomic E-state index is -0.290. The number of hydrazine groups is 1. The summed E-state index contributed by atoms with van der Waals surface area (Å²) in [6, 6.07) is 21.0. The smallest absolute Gasteiger partial charge is 0.234 e. The van der Waals surface area contributed by atoms with Crippen LogP contribution >= 0.6 is 0 Å². The monoisotopic (exact) mass is 607 g/mol. The minimum absolute atomic E-state index is 0.0453. The summed E-state index contributed by atoms with van der Waals surface area (Å²) in [6.07, 6.45) is 6.39. The van der Waals surface area contributed by atoms with Gasteiger partial charge in [0.05, 0.1) is 13.2 Å². The standard InChI is InChI=1S/C36H41N5O4/c1-24(42)39(22-27-8-4-7-11-36(27)45-3)23-29(18-28-20-37-34-10-6-5-9-31(28)34)41(25(2)43)40-16-14-26(15-17-40)33-21-38-35-13-12-30(44)19-32(33)35/h4-13,19-21,26,29,37-38,44H,14-18,22-23H2,1-3H3/t29-/m1/s1. The number of carbonyl (C=O) groups excluding carboxylic acids is 2. The Morgan fingerprint density at radius 3 is 2.38 bits per heavy atom. The van der Waals surface area contributed by atoms with Crippen LogP contribution in [0, 0.1) is 0 Å². The molecular formula is C36H41N5O4. The summed E-state index contributed by atoms with van der Waals surface area (Å²) in [7, 11) is 1.64. The van der Waals surface area contributed by atoms with Crippen molar-refractivity contribution in [2.45, 2.75) is 51.6 Å². The predicted molar refractivity (Wildman–Crippen MR) is 176 cm³/mol. The zero-order valence-corrected chi connectivity index (χ0v) is 26.1. The molecule has 0 spiro atoms. The Morgan fingerprint density at radius 1 is 0.911 bits per heavy atom. The number of phenols is 1. The Bertz CT molecular complexity index is 1800. The molecule has 0 aliphatic carbocycles.